The van der Waals surface area contributed by atoms with Crippen molar-refractivity contribution in [1.29, 1.82) is 0 Å². The topological polar surface area (TPSA) is 68.3 Å². The molecular weight excluding hydrogens is 306 g/mol. The molecule has 0 saturated heterocycles. The van der Waals surface area contributed by atoms with Gasteiger partial charge in [0.2, 0.25) is 0 Å². The summed E-state index contributed by atoms with van der Waals surface area (Å²) in [6.07, 6.45) is 1.22. The lowest BCUT2D eigenvalue weighted by molar-refractivity contribution is 0.0593. The number of ether oxygens (including phenoxy) is 1. The van der Waals surface area contributed by atoms with Gasteiger partial charge in [0.1, 0.15) is 17.3 Å². The molecule has 2 rings (SSSR count). The lowest BCUT2D eigenvalue weighted by Crippen LogP contribution is -2.27. The first kappa shape index (κ1) is 16.5. The van der Waals surface area contributed by atoms with Crippen molar-refractivity contribution in [1.82, 2.24) is 10.3 Å². The van der Waals surface area contributed by atoms with E-state index in [4.69, 9.17) is 0 Å². The molecule has 1 atom stereocenters. The molecule has 1 unspecified atom stereocenters. The number of carbonyl (C=O) groups is 2. The summed E-state index contributed by atoms with van der Waals surface area (Å²) in [4.78, 5) is 27.2. The van der Waals surface area contributed by atoms with Crippen LogP contribution < -0.4 is 5.32 Å². The van der Waals surface area contributed by atoms with Crippen molar-refractivity contribution < 1.29 is 23.1 Å². The summed E-state index contributed by atoms with van der Waals surface area (Å²) < 4.78 is 31.1. The lowest BCUT2D eigenvalue weighted by atomic mass is 10.1. The van der Waals surface area contributed by atoms with E-state index in [2.05, 4.69) is 15.0 Å². The number of benzene rings is 1. The van der Waals surface area contributed by atoms with Gasteiger partial charge >= 0.3 is 5.97 Å². The maximum atomic E-state index is 13.7. The summed E-state index contributed by atoms with van der Waals surface area (Å²) in [6.45, 7) is 1.57. The average Bonchev–Trinajstić information content (AvgIpc) is 2.54. The highest BCUT2D eigenvalue weighted by Gasteiger charge is 2.16. The zero-order chi connectivity index (χ0) is 17.0. The predicted octanol–water partition coefficient (Wildman–Crippen LogP) is 2.64. The van der Waals surface area contributed by atoms with Gasteiger partial charge in [-0.15, -0.1) is 0 Å². The Bertz CT molecular complexity index is 733. The fourth-order valence-corrected chi connectivity index (χ4v) is 1.96. The Morgan fingerprint density at radius 1 is 1.22 bits per heavy atom. The number of hydrogen-bond acceptors (Lipinski definition) is 4. The molecule has 0 bridgehead atoms. The van der Waals surface area contributed by atoms with Crippen LogP contribution in [0.3, 0.4) is 0 Å². The average molecular weight is 320 g/mol. The molecule has 0 saturated carbocycles. The van der Waals surface area contributed by atoms with E-state index in [-0.39, 0.29) is 16.8 Å². The van der Waals surface area contributed by atoms with Gasteiger partial charge in [0.15, 0.2) is 0 Å². The fraction of sp³-hybridized carbons (Fsp3) is 0.188. The number of hydrogen-bond donors (Lipinski definition) is 1. The molecule has 1 heterocycles. The van der Waals surface area contributed by atoms with Crippen LogP contribution in [0.2, 0.25) is 0 Å². The van der Waals surface area contributed by atoms with Crippen molar-refractivity contribution in [3.05, 3.63) is 65.0 Å². The van der Waals surface area contributed by atoms with Crippen molar-refractivity contribution in [3.63, 3.8) is 0 Å². The lowest BCUT2D eigenvalue weighted by Gasteiger charge is -2.15. The van der Waals surface area contributed by atoms with Crippen molar-refractivity contribution >= 4 is 11.9 Å². The van der Waals surface area contributed by atoms with E-state index in [1.54, 1.807) is 6.92 Å². The summed E-state index contributed by atoms with van der Waals surface area (Å²) in [7, 11) is 1.23. The van der Waals surface area contributed by atoms with Crippen LogP contribution in [0, 0.1) is 11.6 Å². The zero-order valence-electron chi connectivity index (χ0n) is 12.5. The molecule has 1 N–H and O–H groups in total. The number of rotatable bonds is 4. The second kappa shape index (κ2) is 6.95. The molecule has 1 aromatic heterocycles. The Morgan fingerprint density at radius 2 is 1.96 bits per heavy atom. The molecule has 2 aromatic rings. The number of methoxy groups -OCH3 is 1. The number of nitrogens with one attached hydrogen (secondary N) is 1. The summed E-state index contributed by atoms with van der Waals surface area (Å²) in [5.74, 6) is -2.53. The van der Waals surface area contributed by atoms with E-state index in [1.165, 1.54) is 31.5 Å². The zero-order valence-corrected chi connectivity index (χ0v) is 12.5. The van der Waals surface area contributed by atoms with Gasteiger partial charge in [-0.05, 0) is 25.1 Å². The van der Waals surface area contributed by atoms with Gasteiger partial charge in [0.05, 0.1) is 18.7 Å². The number of nitrogens with zero attached hydrogens (tertiary/aromatic N) is 1. The molecule has 0 aliphatic carbocycles. The van der Waals surface area contributed by atoms with Gasteiger partial charge in [-0.2, -0.15) is 0 Å². The molecule has 1 amide bonds. The van der Waals surface area contributed by atoms with Crippen molar-refractivity contribution in [2.45, 2.75) is 13.0 Å². The highest BCUT2D eigenvalue weighted by atomic mass is 19.1. The molecule has 1 aromatic carbocycles. The second-order valence-electron chi connectivity index (χ2n) is 4.78. The first-order valence-electron chi connectivity index (χ1n) is 6.72. The Hall–Kier alpha value is -2.83. The van der Waals surface area contributed by atoms with E-state index in [9.17, 15) is 18.4 Å². The molecule has 120 valence electrons. The molecule has 0 aliphatic heterocycles. The third kappa shape index (κ3) is 3.88. The SMILES string of the molecule is COC(=O)c1ccc(C(=O)NC(C)c2ccc(F)cc2F)cn1. The van der Waals surface area contributed by atoms with Crippen LogP contribution in [0.25, 0.3) is 0 Å². The van der Waals surface area contributed by atoms with E-state index in [1.807, 2.05) is 0 Å². The first-order valence-corrected chi connectivity index (χ1v) is 6.72. The Labute approximate surface area is 131 Å². The number of pyridine rings is 1. The Kier molecular flexibility index (Phi) is 5.00. The third-order valence-electron chi connectivity index (χ3n) is 3.20. The molecule has 7 heteroatoms. The largest absolute Gasteiger partial charge is 0.464 e. The van der Waals surface area contributed by atoms with Crippen LogP contribution in [-0.4, -0.2) is 24.0 Å². The number of aromatic nitrogens is 1. The van der Waals surface area contributed by atoms with E-state index >= 15 is 0 Å². The molecule has 23 heavy (non-hydrogen) atoms. The molecule has 0 spiro atoms. The third-order valence-corrected chi connectivity index (χ3v) is 3.20. The molecule has 5 nitrogen and oxygen atoms in total. The maximum absolute atomic E-state index is 13.7. The summed E-state index contributed by atoms with van der Waals surface area (Å²) in [6, 6.07) is 5.24. The molecule has 0 radical (unpaired) electrons. The van der Waals surface area contributed by atoms with E-state index in [0.29, 0.717) is 0 Å². The second-order valence-corrected chi connectivity index (χ2v) is 4.78. The monoisotopic (exact) mass is 320 g/mol. The van der Waals surface area contributed by atoms with Crippen LogP contribution in [0.1, 0.15) is 39.4 Å². The van der Waals surface area contributed by atoms with Crippen molar-refractivity contribution in [2.24, 2.45) is 0 Å². The molecule has 0 fully saturated rings. The van der Waals surface area contributed by atoms with Crippen LogP contribution in [0.15, 0.2) is 36.5 Å². The summed E-state index contributed by atoms with van der Waals surface area (Å²) in [5.41, 5.74) is 0.438. The predicted molar refractivity (Wildman–Crippen MR) is 77.8 cm³/mol. The van der Waals surface area contributed by atoms with E-state index < -0.39 is 29.6 Å². The number of amides is 1. The molecule has 0 aliphatic rings. The highest BCUT2D eigenvalue weighted by molar-refractivity contribution is 5.95. The fourth-order valence-electron chi connectivity index (χ4n) is 1.96. The normalized spacial score (nSPS) is 11.7. The van der Waals surface area contributed by atoms with Gasteiger partial charge < -0.3 is 10.1 Å². The molecular formula is C16H14F2N2O3. The number of esters is 1. The first-order chi connectivity index (χ1) is 10.9. The van der Waals surface area contributed by atoms with Crippen molar-refractivity contribution in [2.75, 3.05) is 7.11 Å². The standard InChI is InChI=1S/C16H14F2N2O3/c1-9(12-5-4-11(17)7-13(12)18)20-15(21)10-3-6-14(19-8-10)16(22)23-2/h3-9H,1-2H3,(H,20,21). The van der Waals surface area contributed by atoms with Gasteiger partial charge in [-0.3, -0.25) is 4.79 Å². The smallest absolute Gasteiger partial charge is 0.356 e. The van der Waals surface area contributed by atoms with Crippen LogP contribution in [-0.2, 0) is 4.74 Å². The van der Waals surface area contributed by atoms with Crippen molar-refractivity contribution in [3.8, 4) is 0 Å². The van der Waals surface area contributed by atoms with Gasteiger partial charge in [-0.25, -0.2) is 18.6 Å². The van der Waals surface area contributed by atoms with Crippen LogP contribution >= 0.6 is 0 Å². The number of carbonyl (C=O) groups excluding carboxylic acids is 2. The highest BCUT2D eigenvalue weighted by Crippen LogP contribution is 2.18. The van der Waals surface area contributed by atoms with Crippen LogP contribution in [0.5, 0.6) is 0 Å². The quantitative estimate of drug-likeness (QED) is 0.879. The summed E-state index contributed by atoms with van der Waals surface area (Å²) >= 11 is 0. The Morgan fingerprint density at radius 3 is 2.52 bits per heavy atom. The minimum absolute atomic E-state index is 0.0710. The van der Waals surface area contributed by atoms with E-state index in [0.717, 1.165) is 12.1 Å². The van der Waals surface area contributed by atoms with Gasteiger partial charge in [0.25, 0.3) is 5.91 Å². The Balaban J connectivity index is 2.10. The minimum Gasteiger partial charge on any atom is -0.464 e. The maximum Gasteiger partial charge on any atom is 0.356 e. The van der Waals surface area contributed by atoms with Gasteiger partial charge in [0, 0.05) is 17.8 Å². The minimum atomic E-state index is -0.739. The van der Waals surface area contributed by atoms with Crippen LogP contribution in [0.4, 0.5) is 8.78 Å². The summed E-state index contributed by atoms with van der Waals surface area (Å²) in [5, 5.41) is 2.58. The number of halogens is 2. The van der Waals surface area contributed by atoms with Gasteiger partial charge in [-0.1, -0.05) is 6.07 Å².